The minimum absolute atomic E-state index is 0.112. The predicted octanol–water partition coefficient (Wildman–Crippen LogP) is 3.25. The van der Waals surface area contributed by atoms with Gasteiger partial charge in [-0.2, -0.15) is 0 Å². The number of aromatic nitrogens is 2. The molecule has 118 valence electrons. The van der Waals surface area contributed by atoms with Gasteiger partial charge in [-0.05, 0) is 44.8 Å². The van der Waals surface area contributed by atoms with E-state index in [1.54, 1.807) is 24.4 Å². The van der Waals surface area contributed by atoms with E-state index < -0.39 is 0 Å². The Kier molecular flexibility index (Phi) is 5.57. The minimum Gasteiger partial charge on any atom is -0.507 e. The number of phenolic OH excluding ortho intramolecular Hbond substituents is 1. The Morgan fingerprint density at radius 3 is 2.77 bits per heavy atom. The number of nitrogens with zero attached hydrogens (tertiary/aromatic N) is 3. The fourth-order valence-corrected chi connectivity index (χ4v) is 2.36. The molecule has 0 fully saturated rings. The topological polar surface area (TPSA) is 61.3 Å². The molecule has 6 heteroatoms. The lowest BCUT2D eigenvalue weighted by Crippen LogP contribution is -2.34. The van der Waals surface area contributed by atoms with Gasteiger partial charge in [0, 0.05) is 23.8 Å². The van der Waals surface area contributed by atoms with Gasteiger partial charge in [0.2, 0.25) is 0 Å². The highest BCUT2D eigenvalue weighted by molar-refractivity contribution is 6.30. The number of nitrogens with one attached hydrogen (secondary N) is 1. The zero-order valence-corrected chi connectivity index (χ0v) is 13.8. The van der Waals surface area contributed by atoms with Gasteiger partial charge in [-0.3, -0.25) is 0 Å². The van der Waals surface area contributed by atoms with Crippen LogP contribution in [0.25, 0.3) is 11.4 Å². The molecule has 0 saturated heterocycles. The molecular formula is C16H21ClN4O. The highest BCUT2D eigenvalue weighted by Crippen LogP contribution is 2.29. The van der Waals surface area contributed by atoms with Gasteiger partial charge in [-0.25, -0.2) is 9.97 Å². The van der Waals surface area contributed by atoms with E-state index in [0.717, 1.165) is 18.8 Å². The van der Waals surface area contributed by atoms with Crippen molar-refractivity contribution in [2.24, 2.45) is 0 Å². The van der Waals surface area contributed by atoms with Gasteiger partial charge in [-0.15, -0.1) is 0 Å². The summed E-state index contributed by atoms with van der Waals surface area (Å²) in [6.45, 7) is 2.95. The van der Waals surface area contributed by atoms with Crippen molar-refractivity contribution in [2.75, 3.05) is 26.0 Å². The smallest absolute Gasteiger partial charge is 0.165 e. The van der Waals surface area contributed by atoms with E-state index in [9.17, 15) is 5.11 Å². The molecule has 1 heterocycles. The second kappa shape index (κ2) is 7.42. The molecule has 0 aliphatic carbocycles. The van der Waals surface area contributed by atoms with Crippen LogP contribution in [0.4, 0.5) is 5.82 Å². The Morgan fingerprint density at radius 1 is 1.32 bits per heavy atom. The summed E-state index contributed by atoms with van der Waals surface area (Å²) in [7, 11) is 4.12. The number of phenols is 1. The Bertz CT molecular complexity index is 633. The maximum absolute atomic E-state index is 9.94. The second-order valence-electron chi connectivity index (χ2n) is 5.33. The first kappa shape index (κ1) is 16.5. The molecule has 1 atom stereocenters. The summed E-state index contributed by atoms with van der Waals surface area (Å²) in [6, 6.07) is 7.07. The molecule has 0 aliphatic heterocycles. The SMILES string of the molecule is CCC(CNc1ccnc(-c2cc(Cl)ccc2O)n1)N(C)C. The fourth-order valence-electron chi connectivity index (χ4n) is 2.19. The second-order valence-corrected chi connectivity index (χ2v) is 5.77. The summed E-state index contributed by atoms with van der Waals surface area (Å²) in [5.74, 6) is 1.29. The van der Waals surface area contributed by atoms with E-state index in [0.29, 0.717) is 22.5 Å². The lowest BCUT2D eigenvalue weighted by atomic mass is 10.2. The number of aromatic hydroxyl groups is 1. The van der Waals surface area contributed by atoms with E-state index in [-0.39, 0.29) is 5.75 Å². The lowest BCUT2D eigenvalue weighted by Gasteiger charge is -2.23. The monoisotopic (exact) mass is 320 g/mol. The first-order chi connectivity index (χ1) is 10.5. The minimum atomic E-state index is 0.112. The molecule has 2 rings (SSSR count). The van der Waals surface area contributed by atoms with Crippen LogP contribution in [-0.4, -0.2) is 46.7 Å². The summed E-state index contributed by atoms with van der Waals surface area (Å²) in [6.07, 6.45) is 2.72. The Balaban J connectivity index is 2.18. The molecule has 1 aromatic carbocycles. The van der Waals surface area contributed by atoms with Gasteiger partial charge in [-0.1, -0.05) is 18.5 Å². The normalized spacial score (nSPS) is 12.4. The number of halogens is 1. The Morgan fingerprint density at radius 2 is 2.09 bits per heavy atom. The maximum Gasteiger partial charge on any atom is 0.165 e. The largest absolute Gasteiger partial charge is 0.507 e. The van der Waals surface area contributed by atoms with Crippen molar-refractivity contribution < 1.29 is 5.11 Å². The number of likely N-dealkylation sites (N-methyl/N-ethyl adjacent to an activating group) is 1. The predicted molar refractivity (Wildman–Crippen MR) is 90.4 cm³/mol. The van der Waals surface area contributed by atoms with Crippen molar-refractivity contribution in [1.29, 1.82) is 0 Å². The molecule has 0 spiro atoms. The summed E-state index contributed by atoms with van der Waals surface area (Å²) in [5.41, 5.74) is 0.524. The molecule has 22 heavy (non-hydrogen) atoms. The van der Waals surface area contributed by atoms with Crippen LogP contribution in [0.2, 0.25) is 5.02 Å². The van der Waals surface area contributed by atoms with Crippen LogP contribution in [0.5, 0.6) is 5.75 Å². The molecule has 5 nitrogen and oxygen atoms in total. The van der Waals surface area contributed by atoms with Gasteiger partial charge in [0.05, 0.1) is 5.56 Å². The van der Waals surface area contributed by atoms with E-state index in [4.69, 9.17) is 11.6 Å². The van der Waals surface area contributed by atoms with Crippen LogP contribution in [0.3, 0.4) is 0 Å². The van der Waals surface area contributed by atoms with E-state index in [1.165, 1.54) is 0 Å². The lowest BCUT2D eigenvalue weighted by molar-refractivity contribution is 0.298. The number of benzene rings is 1. The first-order valence-electron chi connectivity index (χ1n) is 7.23. The Hall–Kier alpha value is -1.85. The highest BCUT2D eigenvalue weighted by Gasteiger charge is 2.11. The van der Waals surface area contributed by atoms with Gasteiger partial charge < -0.3 is 15.3 Å². The van der Waals surface area contributed by atoms with Crippen LogP contribution in [0.1, 0.15) is 13.3 Å². The zero-order valence-electron chi connectivity index (χ0n) is 13.0. The molecule has 0 saturated carbocycles. The molecule has 1 aromatic heterocycles. The first-order valence-corrected chi connectivity index (χ1v) is 7.61. The number of hydrogen-bond acceptors (Lipinski definition) is 5. The maximum atomic E-state index is 9.94. The standard InChI is InChI=1S/C16H21ClN4O/c1-4-12(21(2)3)10-19-15-7-8-18-16(20-15)13-9-11(17)5-6-14(13)22/h5-9,12,22H,4,10H2,1-3H3,(H,18,19,20). The molecule has 0 bridgehead atoms. The van der Waals surface area contributed by atoms with Gasteiger partial charge in [0.1, 0.15) is 11.6 Å². The quantitative estimate of drug-likeness (QED) is 0.855. The molecule has 0 aliphatic rings. The summed E-state index contributed by atoms with van der Waals surface area (Å²) in [5, 5.41) is 13.8. The molecule has 0 radical (unpaired) electrons. The van der Waals surface area contributed by atoms with Gasteiger partial charge in [0.25, 0.3) is 0 Å². The van der Waals surface area contributed by atoms with Gasteiger partial charge >= 0.3 is 0 Å². The molecule has 1 unspecified atom stereocenters. The van der Waals surface area contributed by atoms with Crippen LogP contribution >= 0.6 is 11.6 Å². The molecule has 2 N–H and O–H groups in total. The molecule has 2 aromatic rings. The van der Waals surface area contributed by atoms with E-state index in [2.05, 4.69) is 41.2 Å². The van der Waals surface area contributed by atoms with Crippen molar-refractivity contribution in [3.63, 3.8) is 0 Å². The van der Waals surface area contributed by atoms with E-state index in [1.807, 2.05) is 6.07 Å². The number of anilines is 1. The van der Waals surface area contributed by atoms with E-state index >= 15 is 0 Å². The van der Waals surface area contributed by atoms with Crippen molar-refractivity contribution >= 4 is 17.4 Å². The van der Waals surface area contributed by atoms with Crippen molar-refractivity contribution in [3.05, 3.63) is 35.5 Å². The van der Waals surface area contributed by atoms with Gasteiger partial charge in [0.15, 0.2) is 5.82 Å². The Labute approximate surface area is 136 Å². The number of rotatable bonds is 6. The number of hydrogen-bond donors (Lipinski definition) is 2. The zero-order chi connectivity index (χ0) is 16.1. The fraction of sp³-hybridized carbons (Fsp3) is 0.375. The van der Waals surface area contributed by atoms with Crippen LogP contribution in [-0.2, 0) is 0 Å². The van der Waals surface area contributed by atoms with Crippen molar-refractivity contribution in [3.8, 4) is 17.1 Å². The average Bonchev–Trinajstić information content (AvgIpc) is 2.50. The molecule has 0 amide bonds. The average molecular weight is 321 g/mol. The van der Waals surface area contributed by atoms with Crippen LogP contribution in [0, 0.1) is 0 Å². The van der Waals surface area contributed by atoms with Crippen LogP contribution in [0.15, 0.2) is 30.5 Å². The van der Waals surface area contributed by atoms with Crippen LogP contribution < -0.4 is 5.32 Å². The third kappa shape index (κ3) is 4.08. The third-order valence-electron chi connectivity index (χ3n) is 3.58. The highest BCUT2D eigenvalue weighted by atomic mass is 35.5. The van der Waals surface area contributed by atoms with Crippen molar-refractivity contribution in [2.45, 2.75) is 19.4 Å². The molecular weight excluding hydrogens is 300 g/mol. The summed E-state index contributed by atoms with van der Waals surface area (Å²) in [4.78, 5) is 10.8. The third-order valence-corrected chi connectivity index (χ3v) is 3.81. The summed E-state index contributed by atoms with van der Waals surface area (Å²) >= 11 is 5.98. The van der Waals surface area contributed by atoms with Crippen molar-refractivity contribution in [1.82, 2.24) is 14.9 Å². The summed E-state index contributed by atoms with van der Waals surface area (Å²) < 4.78 is 0.